The highest BCUT2D eigenvalue weighted by Crippen LogP contribution is 2.30. The molecule has 9 heteroatoms. The van der Waals surface area contributed by atoms with Gasteiger partial charge < -0.3 is 20.5 Å². The van der Waals surface area contributed by atoms with Crippen molar-refractivity contribution in [2.45, 2.75) is 19.4 Å². The van der Waals surface area contributed by atoms with Gasteiger partial charge in [-0.05, 0) is 48.6 Å². The first-order valence-corrected chi connectivity index (χ1v) is 9.40. The second-order valence-electron chi connectivity index (χ2n) is 6.06. The molecule has 0 fully saturated rings. The number of hydrogen-bond acceptors (Lipinski definition) is 6. The monoisotopic (exact) mass is 408 g/mol. The molecule has 1 aliphatic rings. The largest absolute Gasteiger partial charge is 0.492 e. The average Bonchev–Trinajstić information content (AvgIpc) is 3.09. The van der Waals surface area contributed by atoms with Gasteiger partial charge in [0.15, 0.2) is 6.10 Å². The Balaban J connectivity index is 1.59. The molecule has 3 N–H and O–H groups in total. The number of benzene rings is 1. The van der Waals surface area contributed by atoms with E-state index >= 15 is 0 Å². The maximum Gasteiger partial charge on any atom is 0.313 e. The molecule has 3 rings (SSSR count). The van der Waals surface area contributed by atoms with Crippen molar-refractivity contribution >= 4 is 45.7 Å². The summed E-state index contributed by atoms with van der Waals surface area (Å²) in [6.45, 7) is 1.62. The molecule has 1 aromatic heterocycles. The SMILES string of the molecule is C[C@@H](OC(=O)[C@H]1COc2ccc(Cl)cc2C1)C(=O)Nc1sccc1C(N)=O. The van der Waals surface area contributed by atoms with Crippen LogP contribution in [-0.4, -0.2) is 30.5 Å². The number of carbonyl (C=O) groups excluding carboxylic acids is 3. The zero-order valence-electron chi connectivity index (χ0n) is 14.4. The molecule has 27 heavy (non-hydrogen) atoms. The van der Waals surface area contributed by atoms with Crippen LogP contribution in [0.25, 0.3) is 0 Å². The van der Waals surface area contributed by atoms with Gasteiger partial charge >= 0.3 is 5.97 Å². The number of primary amides is 1. The molecule has 7 nitrogen and oxygen atoms in total. The number of rotatable bonds is 5. The van der Waals surface area contributed by atoms with Crippen LogP contribution in [0.15, 0.2) is 29.6 Å². The standard InChI is InChI=1S/C18H17ClN2O5S/c1-9(16(23)21-17-13(15(20)22)4-5-27-17)26-18(24)11-6-10-7-12(19)2-3-14(10)25-8-11/h2-5,7,9,11H,6,8H2,1H3,(H2,20,22)(H,21,23)/t9-,11-/m1/s1. The minimum Gasteiger partial charge on any atom is -0.492 e. The van der Waals surface area contributed by atoms with Gasteiger partial charge in [0.1, 0.15) is 17.4 Å². The summed E-state index contributed by atoms with van der Waals surface area (Å²) >= 11 is 7.13. The van der Waals surface area contributed by atoms with Crippen molar-refractivity contribution in [2.75, 3.05) is 11.9 Å². The van der Waals surface area contributed by atoms with Gasteiger partial charge in [-0.15, -0.1) is 11.3 Å². The van der Waals surface area contributed by atoms with Crippen molar-refractivity contribution in [2.24, 2.45) is 11.7 Å². The van der Waals surface area contributed by atoms with Crippen molar-refractivity contribution in [3.05, 3.63) is 45.8 Å². The Morgan fingerprint density at radius 1 is 1.37 bits per heavy atom. The summed E-state index contributed by atoms with van der Waals surface area (Å²) in [6, 6.07) is 6.73. The van der Waals surface area contributed by atoms with Gasteiger partial charge in [0, 0.05) is 5.02 Å². The van der Waals surface area contributed by atoms with E-state index in [1.807, 2.05) is 0 Å². The number of fused-ring (bicyclic) bond motifs is 1. The third-order valence-electron chi connectivity index (χ3n) is 4.09. The smallest absolute Gasteiger partial charge is 0.313 e. The number of amides is 2. The van der Waals surface area contributed by atoms with E-state index in [1.165, 1.54) is 13.0 Å². The fourth-order valence-corrected chi connectivity index (χ4v) is 3.64. The molecule has 0 saturated carbocycles. The Morgan fingerprint density at radius 3 is 2.89 bits per heavy atom. The molecule has 2 amide bonds. The number of anilines is 1. The van der Waals surface area contributed by atoms with Gasteiger partial charge in [-0.3, -0.25) is 14.4 Å². The second-order valence-corrected chi connectivity index (χ2v) is 7.41. The van der Waals surface area contributed by atoms with Crippen LogP contribution in [0.2, 0.25) is 5.02 Å². The van der Waals surface area contributed by atoms with E-state index in [1.54, 1.807) is 23.6 Å². The van der Waals surface area contributed by atoms with Crippen LogP contribution >= 0.6 is 22.9 Å². The first-order chi connectivity index (χ1) is 12.8. The molecule has 0 unspecified atom stereocenters. The van der Waals surface area contributed by atoms with Crippen LogP contribution in [0, 0.1) is 5.92 Å². The van der Waals surface area contributed by atoms with Crippen LogP contribution in [0.3, 0.4) is 0 Å². The molecule has 0 spiro atoms. The normalized spacial score (nSPS) is 16.6. The van der Waals surface area contributed by atoms with E-state index in [4.69, 9.17) is 26.8 Å². The molecule has 1 aromatic carbocycles. The Morgan fingerprint density at radius 2 is 2.15 bits per heavy atom. The quantitative estimate of drug-likeness (QED) is 0.739. The number of carbonyl (C=O) groups is 3. The Kier molecular flexibility index (Phi) is 5.67. The van der Waals surface area contributed by atoms with E-state index in [0.29, 0.717) is 22.2 Å². The topological polar surface area (TPSA) is 108 Å². The fraction of sp³-hybridized carbons (Fsp3) is 0.278. The lowest BCUT2D eigenvalue weighted by Crippen LogP contribution is -2.36. The fourth-order valence-electron chi connectivity index (χ4n) is 2.65. The zero-order valence-corrected chi connectivity index (χ0v) is 15.9. The minimum absolute atomic E-state index is 0.165. The van der Waals surface area contributed by atoms with Gasteiger partial charge in [-0.2, -0.15) is 0 Å². The summed E-state index contributed by atoms with van der Waals surface area (Å²) in [7, 11) is 0. The molecule has 0 saturated heterocycles. The van der Waals surface area contributed by atoms with Crippen LogP contribution in [0.5, 0.6) is 5.75 Å². The van der Waals surface area contributed by atoms with Crippen LogP contribution < -0.4 is 15.8 Å². The third kappa shape index (κ3) is 4.40. The molecule has 0 radical (unpaired) electrons. The lowest BCUT2D eigenvalue weighted by molar-refractivity contribution is -0.158. The maximum absolute atomic E-state index is 12.4. The first-order valence-electron chi connectivity index (χ1n) is 8.15. The maximum atomic E-state index is 12.4. The lowest BCUT2D eigenvalue weighted by atomic mass is 9.97. The van der Waals surface area contributed by atoms with Crippen LogP contribution in [-0.2, 0) is 20.7 Å². The predicted octanol–water partition coefficient (Wildman–Crippen LogP) is 2.62. The molecule has 0 aliphatic carbocycles. The number of ether oxygens (including phenoxy) is 2. The highest BCUT2D eigenvalue weighted by Gasteiger charge is 2.30. The first kappa shape index (κ1) is 19.2. The summed E-state index contributed by atoms with van der Waals surface area (Å²) in [5.41, 5.74) is 6.27. The second kappa shape index (κ2) is 7.98. The van der Waals surface area contributed by atoms with E-state index < -0.39 is 29.8 Å². The average molecular weight is 409 g/mol. The van der Waals surface area contributed by atoms with Gasteiger partial charge in [0.2, 0.25) is 0 Å². The third-order valence-corrected chi connectivity index (χ3v) is 5.16. The minimum atomic E-state index is -1.04. The Hall–Kier alpha value is -2.58. The van der Waals surface area contributed by atoms with Crippen molar-refractivity contribution in [1.82, 2.24) is 0 Å². The number of nitrogens with one attached hydrogen (secondary N) is 1. The summed E-state index contributed by atoms with van der Waals surface area (Å²) in [6.07, 6.45) is -0.624. The molecule has 2 atom stereocenters. The molecule has 2 heterocycles. The summed E-state index contributed by atoms with van der Waals surface area (Å²) < 4.78 is 10.8. The van der Waals surface area contributed by atoms with E-state index in [0.717, 1.165) is 16.9 Å². The number of hydrogen-bond donors (Lipinski definition) is 2. The predicted molar refractivity (Wildman–Crippen MR) is 101 cm³/mol. The Bertz CT molecular complexity index is 898. The lowest BCUT2D eigenvalue weighted by Gasteiger charge is -2.25. The summed E-state index contributed by atoms with van der Waals surface area (Å²) in [4.78, 5) is 36.0. The Labute approximate surface area is 164 Å². The zero-order chi connectivity index (χ0) is 19.6. The highest BCUT2D eigenvalue weighted by atomic mass is 35.5. The number of thiophene rings is 1. The van der Waals surface area contributed by atoms with Gasteiger partial charge in [0.25, 0.3) is 11.8 Å². The van der Waals surface area contributed by atoms with Crippen molar-refractivity contribution in [3.8, 4) is 5.75 Å². The number of nitrogens with two attached hydrogens (primary N) is 1. The molecule has 1 aliphatic heterocycles. The van der Waals surface area contributed by atoms with Gasteiger partial charge in [-0.25, -0.2) is 0 Å². The van der Waals surface area contributed by atoms with Crippen LogP contribution in [0.1, 0.15) is 22.8 Å². The van der Waals surface area contributed by atoms with Crippen molar-refractivity contribution in [1.29, 1.82) is 0 Å². The van der Waals surface area contributed by atoms with E-state index in [2.05, 4.69) is 5.32 Å². The van der Waals surface area contributed by atoms with E-state index in [9.17, 15) is 14.4 Å². The van der Waals surface area contributed by atoms with Crippen molar-refractivity contribution < 1.29 is 23.9 Å². The summed E-state index contributed by atoms with van der Waals surface area (Å²) in [5.74, 6) is -1.58. The molecule has 2 aromatic rings. The molecule has 142 valence electrons. The molecule has 0 bridgehead atoms. The van der Waals surface area contributed by atoms with Gasteiger partial charge in [0.05, 0.1) is 11.5 Å². The highest BCUT2D eigenvalue weighted by molar-refractivity contribution is 7.14. The number of halogens is 1. The molecular weight excluding hydrogens is 392 g/mol. The summed E-state index contributed by atoms with van der Waals surface area (Å²) in [5, 5.41) is 5.06. The number of esters is 1. The van der Waals surface area contributed by atoms with Gasteiger partial charge in [-0.1, -0.05) is 11.6 Å². The molecular formula is C18H17ClN2O5S. The van der Waals surface area contributed by atoms with E-state index in [-0.39, 0.29) is 12.2 Å². The van der Waals surface area contributed by atoms with Crippen molar-refractivity contribution in [3.63, 3.8) is 0 Å². The van der Waals surface area contributed by atoms with Crippen LogP contribution in [0.4, 0.5) is 5.00 Å².